The van der Waals surface area contributed by atoms with Gasteiger partial charge in [-0.3, -0.25) is 9.59 Å². The van der Waals surface area contributed by atoms with Gasteiger partial charge in [0.25, 0.3) is 0 Å². The van der Waals surface area contributed by atoms with E-state index >= 15 is 0 Å². The highest BCUT2D eigenvalue weighted by Gasteiger charge is 2.88. The van der Waals surface area contributed by atoms with E-state index in [1.165, 1.54) is 0 Å². The Bertz CT molecular complexity index is 1080. The van der Waals surface area contributed by atoms with Gasteiger partial charge in [-0.1, -0.05) is 33.8 Å². The van der Waals surface area contributed by atoms with Crippen molar-refractivity contribution in [3.8, 4) is 0 Å². The SMILES string of the molecule is CC1(C)C(=O)C=C[C@@]2(C)[C@H]3CC[C@@]4(C)[C@H](c5ccoc5)OC(=O)[C@H]5O[C@@]54[C@]3(C)C(=O)C[C@@H]12. The summed E-state index contributed by atoms with van der Waals surface area (Å²) in [5.74, 6) is -0.312. The molecule has 0 amide bonds. The summed E-state index contributed by atoms with van der Waals surface area (Å²) in [6.07, 6.45) is 7.57. The topological polar surface area (TPSA) is 86.1 Å². The molecule has 1 aromatic heterocycles. The number of hydrogen-bond donors (Lipinski definition) is 0. The average Bonchev–Trinajstić information content (AvgIpc) is 3.30. The minimum absolute atomic E-state index is 0.0288. The van der Waals surface area contributed by atoms with E-state index in [2.05, 4.69) is 13.8 Å². The molecule has 2 saturated heterocycles. The van der Waals surface area contributed by atoms with Crippen LogP contribution in [0.3, 0.4) is 0 Å². The van der Waals surface area contributed by atoms with Crippen LogP contribution in [-0.2, 0) is 23.9 Å². The molecular formula is C26H30O6. The highest BCUT2D eigenvalue weighted by atomic mass is 16.7. The summed E-state index contributed by atoms with van der Waals surface area (Å²) < 4.78 is 17.5. The number of ether oxygens (including phenoxy) is 2. The van der Waals surface area contributed by atoms with Crippen LogP contribution < -0.4 is 0 Å². The second-order valence-electron chi connectivity index (χ2n) is 11.8. The van der Waals surface area contributed by atoms with Crippen molar-refractivity contribution in [3.63, 3.8) is 0 Å². The Hall–Kier alpha value is -2.21. The van der Waals surface area contributed by atoms with Crippen molar-refractivity contribution < 1.29 is 28.3 Å². The molecule has 170 valence electrons. The molecule has 3 heterocycles. The van der Waals surface area contributed by atoms with E-state index in [-0.39, 0.29) is 28.8 Å². The molecule has 2 saturated carbocycles. The second-order valence-corrected chi connectivity index (χ2v) is 11.8. The van der Waals surface area contributed by atoms with Gasteiger partial charge in [0.1, 0.15) is 17.5 Å². The van der Waals surface area contributed by atoms with Crippen LogP contribution in [0.15, 0.2) is 35.2 Å². The lowest BCUT2D eigenvalue weighted by Gasteiger charge is -2.66. The second kappa shape index (κ2) is 5.64. The molecule has 4 fully saturated rings. The Morgan fingerprint density at radius 1 is 1.00 bits per heavy atom. The van der Waals surface area contributed by atoms with Crippen LogP contribution in [0.1, 0.15) is 65.5 Å². The molecule has 2 aliphatic heterocycles. The van der Waals surface area contributed by atoms with Crippen molar-refractivity contribution >= 4 is 17.5 Å². The quantitative estimate of drug-likeness (QED) is 0.483. The van der Waals surface area contributed by atoms with Gasteiger partial charge >= 0.3 is 5.97 Å². The maximum absolute atomic E-state index is 14.1. The van der Waals surface area contributed by atoms with Gasteiger partial charge in [-0.25, -0.2) is 4.79 Å². The molecule has 6 heteroatoms. The summed E-state index contributed by atoms with van der Waals surface area (Å²) >= 11 is 0. The van der Waals surface area contributed by atoms with E-state index in [1.54, 1.807) is 18.6 Å². The number of carbonyl (C=O) groups excluding carboxylic acids is 3. The number of hydrogen-bond acceptors (Lipinski definition) is 6. The third-order valence-electron chi connectivity index (χ3n) is 10.3. The molecule has 0 N–H and O–H groups in total. The normalized spacial score (nSPS) is 50.6. The molecule has 3 aliphatic carbocycles. The Balaban J connectivity index is 1.53. The van der Waals surface area contributed by atoms with Crippen LogP contribution in [0.4, 0.5) is 0 Å². The first kappa shape index (κ1) is 20.4. The third-order valence-corrected chi connectivity index (χ3v) is 10.3. The number of esters is 1. The van der Waals surface area contributed by atoms with Crippen LogP contribution in [0.5, 0.6) is 0 Å². The van der Waals surface area contributed by atoms with Gasteiger partial charge in [0.15, 0.2) is 11.9 Å². The van der Waals surface area contributed by atoms with E-state index in [0.717, 1.165) is 18.4 Å². The monoisotopic (exact) mass is 438 g/mol. The van der Waals surface area contributed by atoms with Gasteiger partial charge in [0, 0.05) is 22.8 Å². The van der Waals surface area contributed by atoms with Gasteiger partial charge in [-0.2, -0.15) is 0 Å². The summed E-state index contributed by atoms with van der Waals surface area (Å²) in [7, 11) is 0. The predicted octanol–water partition coefficient (Wildman–Crippen LogP) is 4.20. The number of carbonyl (C=O) groups is 3. The van der Waals surface area contributed by atoms with Crippen molar-refractivity contribution in [2.45, 2.75) is 71.7 Å². The minimum atomic E-state index is -0.912. The summed E-state index contributed by atoms with van der Waals surface area (Å²) in [5.41, 5.74) is -2.45. The Morgan fingerprint density at radius 3 is 2.44 bits per heavy atom. The molecule has 8 atom stereocenters. The van der Waals surface area contributed by atoms with Crippen molar-refractivity contribution in [3.05, 3.63) is 36.3 Å². The Labute approximate surface area is 187 Å². The zero-order chi connectivity index (χ0) is 22.9. The minimum Gasteiger partial charge on any atom is -0.472 e. The van der Waals surface area contributed by atoms with Crippen LogP contribution in [0, 0.1) is 33.5 Å². The largest absolute Gasteiger partial charge is 0.472 e. The maximum atomic E-state index is 14.1. The molecule has 0 aromatic carbocycles. The number of furan rings is 1. The molecule has 1 spiro atoms. The molecule has 0 radical (unpaired) electrons. The molecule has 6 rings (SSSR count). The number of cyclic esters (lactones) is 1. The molecule has 5 aliphatic rings. The van der Waals surface area contributed by atoms with E-state index < -0.39 is 40.0 Å². The van der Waals surface area contributed by atoms with E-state index in [0.29, 0.717) is 6.42 Å². The number of fused-ring (bicyclic) bond motifs is 3. The first-order valence-electron chi connectivity index (χ1n) is 11.6. The van der Waals surface area contributed by atoms with Crippen LogP contribution in [0.25, 0.3) is 0 Å². The fraction of sp³-hybridized carbons (Fsp3) is 0.654. The average molecular weight is 439 g/mol. The fourth-order valence-electron chi connectivity index (χ4n) is 8.56. The highest BCUT2D eigenvalue weighted by molar-refractivity contribution is 5.98. The predicted molar refractivity (Wildman–Crippen MR) is 113 cm³/mol. The van der Waals surface area contributed by atoms with Crippen molar-refractivity contribution in [2.75, 3.05) is 0 Å². The van der Waals surface area contributed by atoms with Gasteiger partial charge in [0.05, 0.1) is 17.9 Å². The van der Waals surface area contributed by atoms with Crippen LogP contribution >= 0.6 is 0 Å². The van der Waals surface area contributed by atoms with Crippen molar-refractivity contribution in [1.29, 1.82) is 0 Å². The van der Waals surface area contributed by atoms with Crippen molar-refractivity contribution in [1.82, 2.24) is 0 Å². The van der Waals surface area contributed by atoms with Gasteiger partial charge in [-0.05, 0) is 49.2 Å². The summed E-state index contributed by atoms with van der Waals surface area (Å²) in [6.45, 7) is 10.2. The highest BCUT2D eigenvalue weighted by Crippen LogP contribution is 2.78. The zero-order valence-corrected chi connectivity index (χ0v) is 19.3. The lowest BCUT2D eigenvalue weighted by molar-refractivity contribution is -0.210. The number of allylic oxidation sites excluding steroid dienone is 2. The molecule has 0 unspecified atom stereocenters. The number of Topliss-reactive ketones (excluding diaryl/α,β-unsaturated/α-hetero) is 1. The molecule has 1 aromatic rings. The number of rotatable bonds is 1. The molecule has 6 nitrogen and oxygen atoms in total. The first-order chi connectivity index (χ1) is 14.9. The van der Waals surface area contributed by atoms with Crippen molar-refractivity contribution in [2.24, 2.45) is 33.5 Å². The lowest BCUT2D eigenvalue weighted by Crippen LogP contribution is -2.71. The summed E-state index contributed by atoms with van der Waals surface area (Å²) in [5, 5.41) is 0. The van der Waals surface area contributed by atoms with E-state index in [1.807, 2.05) is 32.9 Å². The Kier molecular flexibility index (Phi) is 3.60. The molecule has 0 bridgehead atoms. The van der Waals surface area contributed by atoms with Gasteiger partial charge in [0.2, 0.25) is 0 Å². The number of epoxide rings is 1. The third kappa shape index (κ3) is 1.92. The first-order valence-corrected chi connectivity index (χ1v) is 11.6. The van der Waals surface area contributed by atoms with E-state index in [9.17, 15) is 14.4 Å². The van der Waals surface area contributed by atoms with E-state index in [4.69, 9.17) is 13.9 Å². The Morgan fingerprint density at radius 2 is 1.75 bits per heavy atom. The standard InChI is InChI=1S/C26H30O6/c1-22(2)16-12-18(28)25(5)15(23(16,3)9-7-17(22)27)6-10-24(4)19(14-8-11-30-13-14)31-21(29)20-26(24,25)32-20/h7-9,11,13,15-16,19-20H,6,10,12H2,1-5H3/t15-,16+,19+,20-,23+,24+,25+,26+/m1/s1. The van der Waals surface area contributed by atoms with Crippen LogP contribution in [-0.4, -0.2) is 29.2 Å². The fourth-order valence-corrected chi connectivity index (χ4v) is 8.56. The maximum Gasteiger partial charge on any atom is 0.339 e. The number of ketones is 2. The van der Waals surface area contributed by atoms with Crippen LogP contribution in [0.2, 0.25) is 0 Å². The zero-order valence-electron chi connectivity index (χ0n) is 19.3. The summed E-state index contributed by atoms with van der Waals surface area (Å²) in [4.78, 5) is 39.8. The van der Waals surface area contributed by atoms with Gasteiger partial charge in [-0.15, -0.1) is 0 Å². The lowest BCUT2D eigenvalue weighted by atomic mass is 9.36. The molecular weight excluding hydrogens is 408 g/mol. The smallest absolute Gasteiger partial charge is 0.339 e. The van der Waals surface area contributed by atoms with Gasteiger partial charge < -0.3 is 13.9 Å². The molecule has 32 heavy (non-hydrogen) atoms. The summed E-state index contributed by atoms with van der Waals surface area (Å²) in [6, 6.07) is 1.83.